The largest absolute Gasteiger partial charge is 0.480 e. The first-order valence-electron chi connectivity index (χ1n) is 6.83. The zero-order valence-corrected chi connectivity index (χ0v) is 11.8. The fourth-order valence-corrected chi connectivity index (χ4v) is 2.20. The number of nitrogens with one attached hydrogen (secondary N) is 1. The van der Waals surface area contributed by atoms with E-state index >= 15 is 0 Å². The molecule has 2 N–H and O–H groups in total. The van der Waals surface area contributed by atoms with E-state index in [9.17, 15) is 14.4 Å². The first-order valence-corrected chi connectivity index (χ1v) is 6.83. The second-order valence-electron chi connectivity index (χ2n) is 5.18. The number of carboxylic acids is 1. The number of hydrogen-bond acceptors (Lipinski definition) is 4. The van der Waals surface area contributed by atoms with Gasteiger partial charge in [0, 0.05) is 11.6 Å². The molecule has 1 aromatic rings. The highest BCUT2D eigenvalue weighted by Crippen LogP contribution is 2.26. The maximum atomic E-state index is 12.1. The van der Waals surface area contributed by atoms with Crippen LogP contribution < -0.4 is 5.32 Å². The number of amides is 1. The summed E-state index contributed by atoms with van der Waals surface area (Å²) in [5.74, 6) is -1.38. The average molecular weight is 290 g/mol. The molecule has 0 aromatic heterocycles. The summed E-state index contributed by atoms with van der Waals surface area (Å²) in [6.07, 6.45) is 1.84. The minimum absolute atomic E-state index is 0.0171. The molecule has 1 aliphatic rings. The molecule has 6 heteroatoms. The van der Waals surface area contributed by atoms with Gasteiger partial charge in [0.2, 0.25) is 5.91 Å². The number of hydrogen-bond donors (Lipinski definition) is 2. The lowest BCUT2D eigenvalue weighted by atomic mass is 10.1. The van der Waals surface area contributed by atoms with Crippen molar-refractivity contribution in [1.29, 1.82) is 0 Å². The first-order chi connectivity index (χ1) is 9.97. The van der Waals surface area contributed by atoms with E-state index in [4.69, 9.17) is 5.11 Å². The molecule has 21 heavy (non-hydrogen) atoms. The smallest absolute Gasteiger partial charge is 0.317 e. The standard InChI is InChI=1S/C15H18N2O4/c1-10(18)12-4-2-3-5-13(12)16-14(19)8-17(9-15(20)21)11-6-7-11/h2-5,11H,6-9H2,1H3,(H,16,19)(H,20,21). The van der Waals surface area contributed by atoms with Gasteiger partial charge in [0.1, 0.15) is 0 Å². The monoisotopic (exact) mass is 290 g/mol. The third-order valence-electron chi connectivity index (χ3n) is 3.33. The fraction of sp³-hybridized carbons (Fsp3) is 0.400. The van der Waals surface area contributed by atoms with Crippen LogP contribution in [0.25, 0.3) is 0 Å². The van der Waals surface area contributed by atoms with Crippen molar-refractivity contribution in [3.8, 4) is 0 Å². The lowest BCUT2D eigenvalue weighted by Crippen LogP contribution is -2.38. The molecule has 1 aromatic carbocycles. The number of para-hydroxylation sites is 1. The van der Waals surface area contributed by atoms with Crippen molar-refractivity contribution in [2.24, 2.45) is 0 Å². The molecule has 0 spiro atoms. The topological polar surface area (TPSA) is 86.7 Å². The van der Waals surface area contributed by atoms with Crippen molar-refractivity contribution in [2.45, 2.75) is 25.8 Å². The molecule has 1 saturated carbocycles. The Kier molecular flexibility index (Phi) is 4.70. The molecule has 0 aliphatic heterocycles. The zero-order chi connectivity index (χ0) is 15.4. The van der Waals surface area contributed by atoms with Crippen LogP contribution in [0.2, 0.25) is 0 Å². The number of benzene rings is 1. The molecule has 0 heterocycles. The van der Waals surface area contributed by atoms with E-state index < -0.39 is 5.97 Å². The molecular weight excluding hydrogens is 272 g/mol. The number of rotatable bonds is 7. The molecule has 2 rings (SSSR count). The van der Waals surface area contributed by atoms with Gasteiger partial charge in [0.05, 0.1) is 18.8 Å². The lowest BCUT2D eigenvalue weighted by Gasteiger charge is -2.19. The summed E-state index contributed by atoms with van der Waals surface area (Å²) >= 11 is 0. The summed E-state index contributed by atoms with van der Waals surface area (Å²) in [6, 6.07) is 6.95. The van der Waals surface area contributed by atoms with E-state index in [0.717, 1.165) is 12.8 Å². The van der Waals surface area contributed by atoms with Crippen LogP contribution in [0, 0.1) is 0 Å². The molecule has 0 bridgehead atoms. The first kappa shape index (κ1) is 15.2. The second-order valence-corrected chi connectivity index (χ2v) is 5.18. The van der Waals surface area contributed by atoms with E-state index in [2.05, 4.69) is 5.32 Å². The Balaban J connectivity index is 2.01. The Labute approximate surface area is 122 Å². The van der Waals surface area contributed by atoms with Gasteiger partial charge in [0.15, 0.2) is 5.78 Å². The highest BCUT2D eigenvalue weighted by molar-refractivity contribution is 6.04. The van der Waals surface area contributed by atoms with Gasteiger partial charge in [-0.05, 0) is 31.9 Å². The number of carbonyl (C=O) groups excluding carboxylic acids is 2. The maximum absolute atomic E-state index is 12.1. The second kappa shape index (κ2) is 6.49. The van der Waals surface area contributed by atoms with Crippen LogP contribution in [0.4, 0.5) is 5.69 Å². The van der Waals surface area contributed by atoms with Gasteiger partial charge in [-0.3, -0.25) is 19.3 Å². The van der Waals surface area contributed by atoms with Crippen LogP contribution in [-0.4, -0.2) is 46.8 Å². The summed E-state index contributed by atoms with van der Waals surface area (Å²) in [5, 5.41) is 11.5. The van der Waals surface area contributed by atoms with E-state index in [1.807, 2.05) is 0 Å². The summed E-state index contributed by atoms with van der Waals surface area (Å²) in [7, 11) is 0. The van der Waals surface area contributed by atoms with E-state index in [0.29, 0.717) is 11.3 Å². The minimum Gasteiger partial charge on any atom is -0.480 e. The van der Waals surface area contributed by atoms with Crippen molar-refractivity contribution in [1.82, 2.24) is 4.90 Å². The molecule has 0 unspecified atom stereocenters. The molecular formula is C15H18N2O4. The van der Waals surface area contributed by atoms with E-state index in [1.165, 1.54) is 6.92 Å². The van der Waals surface area contributed by atoms with E-state index in [-0.39, 0.29) is 30.8 Å². The predicted molar refractivity (Wildman–Crippen MR) is 77.3 cm³/mol. The van der Waals surface area contributed by atoms with Gasteiger partial charge in [-0.15, -0.1) is 0 Å². The number of Topliss-reactive ketones (excluding diaryl/α,β-unsaturated/α-hetero) is 1. The highest BCUT2D eigenvalue weighted by atomic mass is 16.4. The third kappa shape index (κ3) is 4.39. The van der Waals surface area contributed by atoms with Gasteiger partial charge < -0.3 is 10.4 Å². The molecule has 1 fully saturated rings. The number of nitrogens with zero attached hydrogens (tertiary/aromatic N) is 1. The van der Waals surface area contributed by atoms with Gasteiger partial charge in [-0.25, -0.2) is 0 Å². The van der Waals surface area contributed by atoms with Crippen molar-refractivity contribution >= 4 is 23.3 Å². The molecule has 6 nitrogen and oxygen atoms in total. The van der Waals surface area contributed by atoms with Crippen LogP contribution in [0.1, 0.15) is 30.1 Å². The number of carbonyl (C=O) groups is 3. The lowest BCUT2D eigenvalue weighted by molar-refractivity contribution is -0.138. The van der Waals surface area contributed by atoms with E-state index in [1.54, 1.807) is 29.2 Å². The molecule has 112 valence electrons. The number of aliphatic carboxylic acids is 1. The van der Waals surface area contributed by atoms with Gasteiger partial charge in [0.25, 0.3) is 0 Å². The number of anilines is 1. The third-order valence-corrected chi connectivity index (χ3v) is 3.33. The van der Waals surface area contributed by atoms with Crippen molar-refractivity contribution in [2.75, 3.05) is 18.4 Å². The van der Waals surface area contributed by atoms with Crippen molar-refractivity contribution in [3.63, 3.8) is 0 Å². The Morgan fingerprint density at radius 2 is 1.90 bits per heavy atom. The Morgan fingerprint density at radius 3 is 2.48 bits per heavy atom. The summed E-state index contributed by atoms with van der Waals surface area (Å²) < 4.78 is 0. The molecule has 0 radical (unpaired) electrons. The van der Waals surface area contributed by atoms with Gasteiger partial charge in [-0.2, -0.15) is 0 Å². The van der Waals surface area contributed by atoms with Gasteiger partial charge >= 0.3 is 5.97 Å². The quantitative estimate of drug-likeness (QED) is 0.741. The Morgan fingerprint density at radius 1 is 1.24 bits per heavy atom. The summed E-state index contributed by atoms with van der Waals surface area (Å²) in [4.78, 5) is 36.0. The summed E-state index contributed by atoms with van der Waals surface area (Å²) in [5.41, 5.74) is 0.906. The Hall–Kier alpha value is -2.21. The SMILES string of the molecule is CC(=O)c1ccccc1NC(=O)CN(CC(=O)O)C1CC1. The molecule has 1 aliphatic carbocycles. The molecule has 0 saturated heterocycles. The van der Waals surface area contributed by atoms with Crippen molar-refractivity contribution < 1.29 is 19.5 Å². The van der Waals surface area contributed by atoms with Crippen LogP contribution >= 0.6 is 0 Å². The highest BCUT2D eigenvalue weighted by Gasteiger charge is 2.31. The fourth-order valence-electron chi connectivity index (χ4n) is 2.20. The zero-order valence-electron chi connectivity index (χ0n) is 11.8. The van der Waals surface area contributed by atoms with Gasteiger partial charge in [-0.1, -0.05) is 12.1 Å². The number of carboxylic acid groups (broad SMARTS) is 1. The minimum atomic E-state index is -0.946. The average Bonchev–Trinajstić information content (AvgIpc) is 3.21. The van der Waals surface area contributed by atoms with Crippen molar-refractivity contribution in [3.05, 3.63) is 29.8 Å². The van der Waals surface area contributed by atoms with Crippen LogP contribution in [-0.2, 0) is 9.59 Å². The Bertz CT molecular complexity index is 567. The normalized spacial score (nSPS) is 14.0. The summed E-state index contributed by atoms with van der Waals surface area (Å²) in [6.45, 7) is 1.31. The van der Waals surface area contributed by atoms with Crippen LogP contribution in [0.15, 0.2) is 24.3 Å². The molecule has 0 atom stereocenters. The number of ketones is 1. The predicted octanol–water partition coefficient (Wildman–Crippen LogP) is 1.38. The maximum Gasteiger partial charge on any atom is 0.317 e. The molecule has 1 amide bonds. The van der Waals surface area contributed by atoms with Crippen LogP contribution in [0.3, 0.4) is 0 Å². The van der Waals surface area contributed by atoms with Crippen LogP contribution in [0.5, 0.6) is 0 Å².